The lowest BCUT2D eigenvalue weighted by atomic mass is 9.97. The van der Waals surface area contributed by atoms with Gasteiger partial charge in [-0.1, -0.05) is 47.2 Å². The van der Waals surface area contributed by atoms with Gasteiger partial charge in [-0.3, -0.25) is 4.79 Å². The van der Waals surface area contributed by atoms with Crippen LogP contribution in [0.1, 0.15) is 24.0 Å². The molecule has 0 radical (unpaired) electrons. The Bertz CT molecular complexity index is 1000. The summed E-state index contributed by atoms with van der Waals surface area (Å²) < 4.78 is 0. The molecular weight excluding hydrogens is 392 g/mol. The Hall–Kier alpha value is -2.86. The smallest absolute Gasteiger partial charge is 0.229 e. The summed E-state index contributed by atoms with van der Waals surface area (Å²) in [4.78, 5) is 25.4. The van der Waals surface area contributed by atoms with Crippen LogP contribution < -0.4 is 10.2 Å². The Kier molecular flexibility index (Phi) is 6.33. The third kappa shape index (κ3) is 5.00. The van der Waals surface area contributed by atoms with Crippen LogP contribution in [0.5, 0.6) is 0 Å². The first-order valence-electron chi connectivity index (χ1n) is 10.3. The molecule has 1 fully saturated rings. The summed E-state index contributed by atoms with van der Waals surface area (Å²) in [5, 5.41) is 3.94. The van der Waals surface area contributed by atoms with Crippen molar-refractivity contribution in [1.82, 2.24) is 9.97 Å². The number of rotatable bonds is 5. The number of carbonyl (C=O) groups is 1. The molecule has 4 rings (SSSR count). The number of anilines is 2. The molecule has 154 valence electrons. The second-order valence-electron chi connectivity index (χ2n) is 7.74. The minimum atomic E-state index is -0.0701. The van der Waals surface area contributed by atoms with E-state index in [1.54, 1.807) is 24.2 Å². The lowest BCUT2D eigenvalue weighted by Crippen LogP contribution is -2.41. The van der Waals surface area contributed by atoms with Crippen molar-refractivity contribution in [3.05, 3.63) is 72.1 Å². The van der Waals surface area contributed by atoms with Crippen molar-refractivity contribution in [3.63, 3.8) is 0 Å². The highest BCUT2D eigenvalue weighted by atomic mass is 32.2. The van der Waals surface area contributed by atoms with E-state index >= 15 is 0 Å². The van der Waals surface area contributed by atoms with E-state index in [9.17, 15) is 4.79 Å². The van der Waals surface area contributed by atoms with E-state index in [4.69, 9.17) is 0 Å². The van der Waals surface area contributed by atoms with E-state index in [0.717, 1.165) is 40.8 Å². The van der Waals surface area contributed by atoms with Gasteiger partial charge in [0.1, 0.15) is 5.03 Å². The quantitative estimate of drug-likeness (QED) is 0.625. The maximum absolute atomic E-state index is 12.9. The molecule has 1 aromatic heterocycles. The molecule has 0 bridgehead atoms. The maximum atomic E-state index is 12.9. The first-order chi connectivity index (χ1) is 14.6. The number of piperidine rings is 1. The van der Waals surface area contributed by atoms with Crippen LogP contribution in [0.15, 0.2) is 70.8 Å². The van der Waals surface area contributed by atoms with Crippen molar-refractivity contribution in [1.29, 1.82) is 0 Å². The second-order valence-corrected chi connectivity index (χ2v) is 8.80. The molecule has 1 amide bonds. The van der Waals surface area contributed by atoms with Crippen molar-refractivity contribution in [3.8, 4) is 0 Å². The van der Waals surface area contributed by atoms with Gasteiger partial charge in [0.15, 0.2) is 5.82 Å². The topological polar surface area (TPSA) is 58.1 Å². The highest BCUT2D eigenvalue weighted by Crippen LogP contribution is 2.34. The van der Waals surface area contributed by atoms with Crippen LogP contribution >= 0.6 is 11.8 Å². The number of nitrogens with one attached hydrogen (secondary N) is 1. The number of hydrogen-bond donors (Lipinski definition) is 1. The highest BCUT2D eigenvalue weighted by molar-refractivity contribution is 7.99. The number of aryl methyl sites for hydroxylation is 2. The molecule has 1 unspecified atom stereocenters. The molecule has 2 heterocycles. The van der Waals surface area contributed by atoms with Crippen LogP contribution in [-0.2, 0) is 4.79 Å². The fraction of sp³-hybridized carbons (Fsp3) is 0.292. The number of amides is 1. The normalized spacial score (nSPS) is 16.3. The fourth-order valence-electron chi connectivity index (χ4n) is 3.59. The predicted octanol–water partition coefficient (Wildman–Crippen LogP) is 5.10. The van der Waals surface area contributed by atoms with Gasteiger partial charge in [0.2, 0.25) is 5.91 Å². The van der Waals surface area contributed by atoms with E-state index in [2.05, 4.69) is 51.4 Å². The van der Waals surface area contributed by atoms with Crippen molar-refractivity contribution in [2.75, 3.05) is 23.3 Å². The molecule has 1 saturated heterocycles. The fourth-order valence-corrected chi connectivity index (χ4v) is 4.47. The van der Waals surface area contributed by atoms with E-state index in [1.165, 1.54) is 11.1 Å². The van der Waals surface area contributed by atoms with Crippen LogP contribution in [0.25, 0.3) is 0 Å². The van der Waals surface area contributed by atoms with E-state index in [0.29, 0.717) is 6.54 Å². The first-order valence-corrected chi connectivity index (χ1v) is 11.1. The van der Waals surface area contributed by atoms with Gasteiger partial charge in [-0.15, -0.1) is 0 Å². The largest absolute Gasteiger partial charge is 0.354 e. The molecule has 6 heteroatoms. The Morgan fingerprint density at radius 2 is 1.67 bits per heavy atom. The molecule has 1 aliphatic rings. The molecule has 3 aromatic rings. The van der Waals surface area contributed by atoms with Gasteiger partial charge in [0.25, 0.3) is 0 Å². The third-order valence-corrected chi connectivity index (χ3v) is 6.28. The Morgan fingerprint density at radius 1 is 1.00 bits per heavy atom. The molecule has 2 aromatic carbocycles. The number of aromatic nitrogens is 2. The zero-order valence-corrected chi connectivity index (χ0v) is 18.2. The van der Waals surface area contributed by atoms with E-state index in [-0.39, 0.29) is 11.8 Å². The first kappa shape index (κ1) is 20.4. The Labute approximate surface area is 181 Å². The Balaban J connectivity index is 1.47. The summed E-state index contributed by atoms with van der Waals surface area (Å²) in [6, 6.07) is 16.3. The van der Waals surface area contributed by atoms with Gasteiger partial charge in [-0.2, -0.15) is 0 Å². The SMILES string of the molecule is Cc1ccc(NC(=O)C2CCCN(c3nccnc3Sc3ccc(C)cc3)C2)cc1. The summed E-state index contributed by atoms with van der Waals surface area (Å²) in [6.07, 6.45) is 5.29. The van der Waals surface area contributed by atoms with Crippen LogP contribution in [0.2, 0.25) is 0 Å². The molecule has 1 N–H and O–H groups in total. The monoisotopic (exact) mass is 418 g/mol. The molecule has 0 spiro atoms. The number of carbonyl (C=O) groups excluding carboxylic acids is 1. The maximum Gasteiger partial charge on any atom is 0.229 e. The lowest BCUT2D eigenvalue weighted by Gasteiger charge is -2.33. The number of nitrogens with zero attached hydrogens (tertiary/aromatic N) is 3. The van der Waals surface area contributed by atoms with Crippen molar-refractivity contribution in [2.24, 2.45) is 5.92 Å². The van der Waals surface area contributed by atoms with Gasteiger partial charge >= 0.3 is 0 Å². The van der Waals surface area contributed by atoms with Gasteiger partial charge in [0.05, 0.1) is 5.92 Å². The minimum Gasteiger partial charge on any atom is -0.354 e. The van der Waals surface area contributed by atoms with Gasteiger partial charge < -0.3 is 10.2 Å². The summed E-state index contributed by atoms with van der Waals surface area (Å²) in [7, 11) is 0. The lowest BCUT2D eigenvalue weighted by molar-refractivity contribution is -0.120. The predicted molar refractivity (Wildman–Crippen MR) is 122 cm³/mol. The van der Waals surface area contributed by atoms with Crippen molar-refractivity contribution in [2.45, 2.75) is 36.6 Å². The molecular formula is C24H26N4OS. The zero-order valence-electron chi connectivity index (χ0n) is 17.3. The number of hydrogen-bond acceptors (Lipinski definition) is 5. The summed E-state index contributed by atoms with van der Waals surface area (Å²) in [5.41, 5.74) is 3.26. The third-order valence-electron chi connectivity index (χ3n) is 5.29. The van der Waals surface area contributed by atoms with Crippen LogP contribution in [0.4, 0.5) is 11.5 Å². The summed E-state index contributed by atoms with van der Waals surface area (Å²) in [5.74, 6) is 0.857. The average Bonchev–Trinajstić information content (AvgIpc) is 2.77. The van der Waals surface area contributed by atoms with E-state index < -0.39 is 0 Å². The van der Waals surface area contributed by atoms with Crippen LogP contribution in [0.3, 0.4) is 0 Å². The highest BCUT2D eigenvalue weighted by Gasteiger charge is 2.28. The molecule has 1 atom stereocenters. The Morgan fingerprint density at radius 3 is 2.40 bits per heavy atom. The molecule has 5 nitrogen and oxygen atoms in total. The van der Waals surface area contributed by atoms with Crippen LogP contribution in [-0.4, -0.2) is 29.0 Å². The van der Waals surface area contributed by atoms with Gasteiger partial charge in [0, 0.05) is 36.1 Å². The average molecular weight is 419 g/mol. The second kappa shape index (κ2) is 9.30. The summed E-state index contributed by atoms with van der Waals surface area (Å²) in [6.45, 7) is 5.65. The molecule has 0 aliphatic carbocycles. The summed E-state index contributed by atoms with van der Waals surface area (Å²) >= 11 is 1.61. The van der Waals surface area contributed by atoms with Gasteiger partial charge in [-0.25, -0.2) is 9.97 Å². The minimum absolute atomic E-state index is 0.0696. The van der Waals surface area contributed by atoms with E-state index in [1.807, 2.05) is 31.2 Å². The van der Waals surface area contributed by atoms with Gasteiger partial charge in [-0.05, 0) is 51.0 Å². The van der Waals surface area contributed by atoms with Crippen LogP contribution in [0, 0.1) is 19.8 Å². The number of benzene rings is 2. The standard InChI is InChI=1S/C24H26N4OS/c1-17-5-9-20(10-6-17)27-23(29)19-4-3-15-28(16-19)22-24(26-14-13-25-22)30-21-11-7-18(2)8-12-21/h5-14,19H,3-4,15-16H2,1-2H3,(H,27,29). The van der Waals surface area contributed by atoms with Crippen molar-refractivity contribution >= 4 is 29.2 Å². The molecule has 0 saturated carbocycles. The van der Waals surface area contributed by atoms with Crippen molar-refractivity contribution < 1.29 is 4.79 Å². The molecule has 30 heavy (non-hydrogen) atoms. The zero-order chi connectivity index (χ0) is 20.9. The molecule has 1 aliphatic heterocycles.